The quantitative estimate of drug-likeness (QED) is 0.299. The Morgan fingerprint density at radius 2 is 2.07 bits per heavy atom. The molecule has 0 bridgehead atoms. The van der Waals surface area contributed by atoms with E-state index in [0.29, 0.717) is 0 Å². The van der Waals surface area contributed by atoms with Crippen molar-refractivity contribution in [2.24, 2.45) is 0 Å². The van der Waals surface area contributed by atoms with Crippen LogP contribution in [0.3, 0.4) is 0 Å². The molecular formula is C17H16N6O7. The number of rotatable bonds is 8. The first kappa shape index (κ1) is 20.6. The van der Waals surface area contributed by atoms with Crippen LogP contribution in [0.15, 0.2) is 36.5 Å². The summed E-state index contributed by atoms with van der Waals surface area (Å²) in [5, 5.41) is 23.3. The third-order valence-electron chi connectivity index (χ3n) is 4.27. The first-order chi connectivity index (χ1) is 14.3. The Kier molecular flexibility index (Phi) is 5.83. The lowest BCUT2D eigenvalue weighted by Gasteiger charge is -2.16. The smallest absolute Gasteiger partial charge is 0.389 e. The van der Waals surface area contributed by atoms with Crippen molar-refractivity contribution in [1.29, 1.82) is 0 Å². The van der Waals surface area contributed by atoms with Gasteiger partial charge < -0.3 is 15.2 Å². The average molecular weight is 416 g/mol. The summed E-state index contributed by atoms with van der Waals surface area (Å²) >= 11 is 0. The molecule has 1 saturated heterocycles. The second-order valence-electron chi connectivity index (χ2n) is 6.32. The minimum atomic E-state index is -1.19. The molecule has 0 radical (unpaired) electrons. The van der Waals surface area contributed by atoms with Gasteiger partial charge in [-0.1, -0.05) is 6.07 Å². The molecular weight excluding hydrogens is 400 g/mol. The second kappa shape index (κ2) is 8.48. The van der Waals surface area contributed by atoms with Crippen LogP contribution in [0.5, 0.6) is 0 Å². The van der Waals surface area contributed by atoms with Crippen LogP contribution in [-0.2, 0) is 20.9 Å². The standard InChI is InChI=1S/C17H16N6O7/c24-14(5-7-21-6-4-13(20-21)23(29)30)19-18-12-9-15(25)22(16(12)26)11-3-1-2-10(8-11)17(27)28/h1-4,6,8,12,18H,5,7,9H2,(H,19,24)(H,27,28). The number of hydrazine groups is 1. The number of benzene rings is 1. The van der Waals surface area contributed by atoms with Crippen LogP contribution in [0, 0.1) is 10.1 Å². The highest BCUT2D eigenvalue weighted by atomic mass is 16.6. The van der Waals surface area contributed by atoms with Gasteiger partial charge >= 0.3 is 11.8 Å². The normalized spacial score (nSPS) is 16.0. The highest BCUT2D eigenvalue weighted by Crippen LogP contribution is 2.23. The topological polar surface area (TPSA) is 177 Å². The van der Waals surface area contributed by atoms with E-state index in [-0.39, 0.29) is 36.5 Å². The van der Waals surface area contributed by atoms with E-state index in [2.05, 4.69) is 16.0 Å². The number of imide groups is 1. The molecule has 0 saturated carbocycles. The van der Waals surface area contributed by atoms with Crippen LogP contribution in [0.25, 0.3) is 0 Å². The first-order valence-electron chi connectivity index (χ1n) is 8.68. The fourth-order valence-electron chi connectivity index (χ4n) is 2.81. The first-order valence-corrected chi connectivity index (χ1v) is 8.68. The third kappa shape index (κ3) is 4.47. The zero-order valence-corrected chi connectivity index (χ0v) is 15.3. The summed E-state index contributed by atoms with van der Waals surface area (Å²) in [4.78, 5) is 58.6. The van der Waals surface area contributed by atoms with E-state index in [1.165, 1.54) is 41.2 Å². The third-order valence-corrected chi connectivity index (χ3v) is 4.27. The monoisotopic (exact) mass is 416 g/mol. The van der Waals surface area contributed by atoms with Gasteiger partial charge in [0.2, 0.25) is 11.8 Å². The van der Waals surface area contributed by atoms with Crippen LogP contribution in [-0.4, -0.2) is 49.5 Å². The number of nitrogens with zero attached hydrogens (tertiary/aromatic N) is 4. The molecule has 3 rings (SSSR count). The fraction of sp³-hybridized carbons (Fsp3) is 0.235. The van der Waals surface area contributed by atoms with Crippen LogP contribution in [0.1, 0.15) is 23.2 Å². The highest BCUT2D eigenvalue weighted by Gasteiger charge is 2.39. The van der Waals surface area contributed by atoms with Gasteiger partial charge in [0, 0.05) is 6.42 Å². The number of carboxylic acids is 1. The van der Waals surface area contributed by atoms with Gasteiger partial charge in [-0.3, -0.25) is 19.8 Å². The van der Waals surface area contributed by atoms with Crippen molar-refractivity contribution >= 4 is 35.2 Å². The van der Waals surface area contributed by atoms with E-state index in [0.717, 1.165) is 4.90 Å². The summed E-state index contributed by atoms with van der Waals surface area (Å²) in [5.41, 5.74) is 4.87. The minimum Gasteiger partial charge on any atom is -0.478 e. The van der Waals surface area contributed by atoms with Crippen molar-refractivity contribution in [2.75, 3.05) is 4.90 Å². The summed E-state index contributed by atoms with van der Waals surface area (Å²) in [7, 11) is 0. The SMILES string of the molecule is O=C(CCn1ccc([N+](=O)[O-])n1)NNC1CC(=O)N(c2cccc(C(=O)O)c2)C1=O. The lowest BCUT2D eigenvalue weighted by atomic mass is 10.2. The molecule has 3 N–H and O–H groups in total. The van der Waals surface area contributed by atoms with Crippen molar-refractivity contribution < 1.29 is 29.2 Å². The number of hydrogen-bond donors (Lipinski definition) is 3. The number of amides is 3. The lowest BCUT2D eigenvalue weighted by Crippen LogP contribution is -2.48. The molecule has 3 amide bonds. The van der Waals surface area contributed by atoms with Gasteiger partial charge in [0.25, 0.3) is 5.91 Å². The maximum Gasteiger partial charge on any atom is 0.389 e. The Balaban J connectivity index is 1.54. The van der Waals surface area contributed by atoms with Crippen molar-refractivity contribution in [1.82, 2.24) is 20.6 Å². The summed E-state index contributed by atoms with van der Waals surface area (Å²) in [6.45, 7) is 0.0764. The zero-order chi connectivity index (χ0) is 21.8. The molecule has 1 atom stereocenters. The Morgan fingerprint density at radius 3 is 2.73 bits per heavy atom. The van der Waals surface area contributed by atoms with E-state index in [9.17, 15) is 29.3 Å². The molecule has 1 aliphatic rings. The summed E-state index contributed by atoms with van der Waals surface area (Å²) in [6.07, 6.45) is 1.06. The van der Waals surface area contributed by atoms with Gasteiger partial charge in [0.15, 0.2) is 0 Å². The predicted octanol–water partition coefficient (Wildman–Crippen LogP) is -0.167. The number of nitro groups is 1. The zero-order valence-electron chi connectivity index (χ0n) is 15.3. The maximum atomic E-state index is 12.5. The van der Waals surface area contributed by atoms with Crippen molar-refractivity contribution in [3.05, 3.63) is 52.2 Å². The number of aryl methyl sites for hydroxylation is 1. The largest absolute Gasteiger partial charge is 0.478 e. The molecule has 1 aromatic heterocycles. The number of carboxylic acid groups (broad SMARTS) is 1. The molecule has 30 heavy (non-hydrogen) atoms. The van der Waals surface area contributed by atoms with Gasteiger partial charge in [-0.2, -0.15) is 4.68 Å². The van der Waals surface area contributed by atoms with E-state index < -0.39 is 34.7 Å². The summed E-state index contributed by atoms with van der Waals surface area (Å²) < 4.78 is 1.24. The molecule has 1 aromatic carbocycles. The second-order valence-corrected chi connectivity index (χ2v) is 6.32. The van der Waals surface area contributed by atoms with Gasteiger partial charge in [0.05, 0.1) is 41.6 Å². The molecule has 13 heteroatoms. The number of anilines is 1. The Bertz CT molecular complexity index is 1030. The number of carbonyl (C=O) groups excluding carboxylic acids is 3. The van der Waals surface area contributed by atoms with E-state index >= 15 is 0 Å². The maximum absolute atomic E-state index is 12.5. The molecule has 0 spiro atoms. The van der Waals surface area contributed by atoms with Crippen molar-refractivity contribution in [3.63, 3.8) is 0 Å². The van der Waals surface area contributed by atoms with Crippen LogP contribution >= 0.6 is 0 Å². The van der Waals surface area contributed by atoms with Gasteiger partial charge in [-0.25, -0.2) is 15.1 Å². The predicted molar refractivity (Wildman–Crippen MR) is 99.1 cm³/mol. The summed E-state index contributed by atoms with van der Waals surface area (Å²) in [5.74, 6) is -3.22. The number of nitrogens with one attached hydrogen (secondary N) is 2. The highest BCUT2D eigenvalue weighted by molar-refractivity contribution is 6.22. The lowest BCUT2D eigenvalue weighted by molar-refractivity contribution is -0.389. The Morgan fingerprint density at radius 1 is 1.30 bits per heavy atom. The van der Waals surface area contributed by atoms with E-state index in [4.69, 9.17) is 5.11 Å². The molecule has 2 aromatic rings. The minimum absolute atomic E-state index is 0.0725. The Hall–Kier alpha value is -4.13. The van der Waals surface area contributed by atoms with E-state index in [1.807, 2.05) is 0 Å². The number of hydrogen-bond acceptors (Lipinski definition) is 8. The number of aromatic carboxylic acids is 1. The fourth-order valence-corrected chi connectivity index (χ4v) is 2.81. The van der Waals surface area contributed by atoms with Crippen LogP contribution in [0.4, 0.5) is 11.5 Å². The molecule has 1 aliphatic heterocycles. The van der Waals surface area contributed by atoms with E-state index in [1.54, 1.807) is 0 Å². The van der Waals surface area contributed by atoms with Gasteiger partial charge in [-0.05, 0) is 23.1 Å². The molecule has 1 unspecified atom stereocenters. The Labute approximate surface area is 168 Å². The number of carbonyl (C=O) groups is 4. The molecule has 13 nitrogen and oxygen atoms in total. The molecule has 156 valence electrons. The average Bonchev–Trinajstić information content (AvgIpc) is 3.29. The van der Waals surface area contributed by atoms with Crippen LogP contribution < -0.4 is 15.8 Å². The van der Waals surface area contributed by atoms with Crippen LogP contribution in [0.2, 0.25) is 0 Å². The summed E-state index contributed by atoms with van der Waals surface area (Å²) in [6, 6.07) is 5.59. The van der Waals surface area contributed by atoms with Crippen molar-refractivity contribution in [3.8, 4) is 0 Å². The van der Waals surface area contributed by atoms with Gasteiger partial charge in [-0.15, -0.1) is 0 Å². The molecule has 1 fully saturated rings. The molecule has 2 heterocycles. The van der Waals surface area contributed by atoms with Gasteiger partial charge in [0.1, 0.15) is 6.04 Å². The number of aromatic nitrogens is 2. The molecule has 0 aliphatic carbocycles. The van der Waals surface area contributed by atoms with Crippen molar-refractivity contribution in [2.45, 2.75) is 25.4 Å².